The molecule has 21 heavy (non-hydrogen) atoms. The zero-order valence-electron chi connectivity index (χ0n) is 12.2. The van der Waals surface area contributed by atoms with Crippen LogP contribution >= 0.6 is 11.6 Å². The van der Waals surface area contributed by atoms with E-state index in [1.807, 2.05) is 30.3 Å². The molecule has 2 N–H and O–H groups in total. The van der Waals surface area contributed by atoms with Crippen molar-refractivity contribution in [2.45, 2.75) is 6.04 Å². The first-order valence-corrected chi connectivity index (χ1v) is 6.79. The first-order chi connectivity index (χ1) is 10.1. The summed E-state index contributed by atoms with van der Waals surface area (Å²) in [5, 5.41) is 0.533. The van der Waals surface area contributed by atoms with Gasteiger partial charge in [0.25, 0.3) is 0 Å². The molecule has 0 fully saturated rings. The van der Waals surface area contributed by atoms with E-state index >= 15 is 0 Å². The van der Waals surface area contributed by atoms with Gasteiger partial charge in [0.1, 0.15) is 5.75 Å². The Morgan fingerprint density at radius 1 is 0.810 bits per heavy atom. The largest absolute Gasteiger partial charge is 0.495 e. The van der Waals surface area contributed by atoms with Crippen LogP contribution in [0.2, 0.25) is 5.02 Å². The lowest BCUT2D eigenvalue weighted by Crippen LogP contribution is -2.12. The van der Waals surface area contributed by atoms with E-state index in [0.717, 1.165) is 11.1 Å². The average molecular weight is 308 g/mol. The number of nitrogens with two attached hydrogens (primary N) is 1. The maximum absolute atomic E-state index is 6.30. The van der Waals surface area contributed by atoms with E-state index in [-0.39, 0.29) is 6.04 Å². The fourth-order valence-corrected chi connectivity index (χ4v) is 2.38. The molecule has 0 saturated carbocycles. The first-order valence-electron chi connectivity index (χ1n) is 6.41. The smallest absolute Gasteiger partial charge is 0.161 e. The van der Waals surface area contributed by atoms with E-state index in [1.165, 1.54) is 0 Å². The normalized spacial score (nSPS) is 11.9. The number of methoxy groups -OCH3 is 3. The molecule has 2 aromatic rings. The zero-order chi connectivity index (χ0) is 15.4. The van der Waals surface area contributed by atoms with Gasteiger partial charge in [0.05, 0.1) is 32.4 Å². The molecule has 0 aromatic heterocycles. The third-order valence-electron chi connectivity index (χ3n) is 3.30. The minimum absolute atomic E-state index is 0.312. The minimum atomic E-state index is -0.312. The molecule has 2 rings (SSSR count). The first kappa shape index (κ1) is 15.5. The third-order valence-corrected chi connectivity index (χ3v) is 3.60. The predicted octanol–water partition coefficient (Wildman–Crippen LogP) is 3.41. The highest BCUT2D eigenvalue weighted by Crippen LogP contribution is 2.33. The van der Waals surface area contributed by atoms with Crippen molar-refractivity contribution in [3.8, 4) is 17.2 Å². The van der Waals surface area contributed by atoms with Gasteiger partial charge in [0, 0.05) is 0 Å². The summed E-state index contributed by atoms with van der Waals surface area (Å²) in [6.07, 6.45) is 0. The van der Waals surface area contributed by atoms with E-state index in [2.05, 4.69) is 0 Å². The van der Waals surface area contributed by atoms with Crippen LogP contribution in [0.3, 0.4) is 0 Å². The monoisotopic (exact) mass is 307 g/mol. The van der Waals surface area contributed by atoms with Crippen molar-refractivity contribution < 1.29 is 14.2 Å². The second-order valence-corrected chi connectivity index (χ2v) is 4.89. The maximum Gasteiger partial charge on any atom is 0.161 e. The molecule has 5 heteroatoms. The highest BCUT2D eigenvalue weighted by atomic mass is 35.5. The number of rotatable bonds is 5. The van der Waals surface area contributed by atoms with E-state index in [4.69, 9.17) is 31.5 Å². The quantitative estimate of drug-likeness (QED) is 0.919. The zero-order valence-corrected chi connectivity index (χ0v) is 13.0. The van der Waals surface area contributed by atoms with E-state index < -0.39 is 0 Å². The molecule has 4 nitrogen and oxygen atoms in total. The van der Waals surface area contributed by atoms with Crippen LogP contribution in [0.25, 0.3) is 0 Å². The van der Waals surface area contributed by atoms with Crippen LogP contribution in [0.15, 0.2) is 36.4 Å². The fourth-order valence-electron chi connectivity index (χ4n) is 2.11. The Balaban J connectivity index is 2.35. The van der Waals surface area contributed by atoms with Crippen LogP contribution in [-0.2, 0) is 0 Å². The van der Waals surface area contributed by atoms with Gasteiger partial charge < -0.3 is 19.9 Å². The lowest BCUT2D eigenvalue weighted by Gasteiger charge is -2.16. The molecule has 1 atom stereocenters. The summed E-state index contributed by atoms with van der Waals surface area (Å²) in [6, 6.07) is 10.8. The second kappa shape index (κ2) is 6.70. The van der Waals surface area contributed by atoms with Gasteiger partial charge in [-0.2, -0.15) is 0 Å². The maximum atomic E-state index is 6.30. The predicted molar refractivity (Wildman–Crippen MR) is 83.6 cm³/mol. The molecule has 0 saturated heterocycles. The molecule has 2 aromatic carbocycles. The summed E-state index contributed by atoms with van der Waals surface area (Å²) in [4.78, 5) is 0. The summed E-state index contributed by atoms with van der Waals surface area (Å²) < 4.78 is 15.7. The van der Waals surface area contributed by atoms with Crippen LogP contribution in [0.1, 0.15) is 17.2 Å². The van der Waals surface area contributed by atoms with Gasteiger partial charge in [0.15, 0.2) is 11.5 Å². The number of hydrogen-bond acceptors (Lipinski definition) is 4. The molecule has 0 amide bonds. The Bertz CT molecular complexity index is 631. The van der Waals surface area contributed by atoms with Gasteiger partial charge in [-0.15, -0.1) is 0 Å². The molecule has 0 spiro atoms. The van der Waals surface area contributed by atoms with E-state index in [0.29, 0.717) is 22.3 Å². The number of halogens is 1. The van der Waals surface area contributed by atoms with Gasteiger partial charge in [0.2, 0.25) is 0 Å². The lowest BCUT2D eigenvalue weighted by molar-refractivity contribution is 0.354. The van der Waals surface area contributed by atoms with E-state index in [9.17, 15) is 0 Å². The van der Waals surface area contributed by atoms with E-state index in [1.54, 1.807) is 27.4 Å². The summed E-state index contributed by atoms with van der Waals surface area (Å²) >= 11 is 6.14. The summed E-state index contributed by atoms with van der Waals surface area (Å²) in [5.41, 5.74) is 8.10. The molecule has 0 heterocycles. The molecule has 112 valence electrons. The Morgan fingerprint density at radius 3 is 1.86 bits per heavy atom. The summed E-state index contributed by atoms with van der Waals surface area (Å²) in [6.45, 7) is 0. The highest BCUT2D eigenvalue weighted by molar-refractivity contribution is 6.32. The van der Waals surface area contributed by atoms with Crippen LogP contribution in [0.5, 0.6) is 17.2 Å². The van der Waals surface area contributed by atoms with Crippen molar-refractivity contribution in [2.24, 2.45) is 5.73 Å². The molecule has 0 aliphatic heterocycles. The minimum Gasteiger partial charge on any atom is -0.495 e. The Kier molecular flexibility index (Phi) is 4.94. The average Bonchev–Trinajstić information content (AvgIpc) is 2.53. The highest BCUT2D eigenvalue weighted by Gasteiger charge is 2.14. The SMILES string of the molecule is COc1ccc(C(N)c2ccc(OC)c(OC)c2)cc1Cl. The fraction of sp³-hybridized carbons (Fsp3) is 0.250. The van der Waals surface area contributed by atoms with Crippen molar-refractivity contribution in [1.82, 2.24) is 0 Å². The standard InChI is InChI=1S/C16H18ClNO3/c1-19-13-6-4-10(8-12(13)17)16(18)11-5-7-14(20-2)15(9-11)21-3/h4-9,16H,18H2,1-3H3. The lowest BCUT2D eigenvalue weighted by atomic mass is 9.99. The van der Waals surface area contributed by atoms with Crippen LogP contribution < -0.4 is 19.9 Å². The van der Waals surface area contributed by atoms with Crippen molar-refractivity contribution in [2.75, 3.05) is 21.3 Å². The molecular weight excluding hydrogens is 290 g/mol. The van der Waals surface area contributed by atoms with Crippen molar-refractivity contribution >= 4 is 11.6 Å². The Hall–Kier alpha value is -1.91. The van der Waals surface area contributed by atoms with Crippen molar-refractivity contribution in [3.05, 3.63) is 52.5 Å². The van der Waals surface area contributed by atoms with Crippen LogP contribution in [-0.4, -0.2) is 21.3 Å². The number of ether oxygens (including phenoxy) is 3. The molecule has 0 radical (unpaired) electrons. The van der Waals surface area contributed by atoms with Gasteiger partial charge in [-0.25, -0.2) is 0 Å². The van der Waals surface area contributed by atoms with Crippen LogP contribution in [0, 0.1) is 0 Å². The molecule has 1 unspecified atom stereocenters. The number of benzene rings is 2. The Labute approximate surface area is 129 Å². The van der Waals surface area contributed by atoms with Gasteiger partial charge in [-0.1, -0.05) is 23.7 Å². The molecule has 0 bridgehead atoms. The summed E-state index contributed by atoms with van der Waals surface area (Å²) in [7, 11) is 4.77. The molecular formula is C16H18ClNO3. The Morgan fingerprint density at radius 2 is 1.33 bits per heavy atom. The third kappa shape index (κ3) is 3.23. The van der Waals surface area contributed by atoms with Crippen LogP contribution in [0.4, 0.5) is 0 Å². The topological polar surface area (TPSA) is 53.7 Å². The second-order valence-electron chi connectivity index (χ2n) is 4.49. The van der Waals surface area contributed by atoms with Gasteiger partial charge in [-0.3, -0.25) is 0 Å². The molecule has 0 aliphatic rings. The summed E-state index contributed by atoms with van der Waals surface area (Å²) in [5.74, 6) is 1.94. The molecule has 0 aliphatic carbocycles. The number of hydrogen-bond donors (Lipinski definition) is 1. The van der Waals surface area contributed by atoms with Gasteiger partial charge in [-0.05, 0) is 35.4 Å². The van der Waals surface area contributed by atoms with Crippen molar-refractivity contribution in [3.63, 3.8) is 0 Å². The van der Waals surface area contributed by atoms with Gasteiger partial charge >= 0.3 is 0 Å². The van der Waals surface area contributed by atoms with Crippen molar-refractivity contribution in [1.29, 1.82) is 0 Å².